The van der Waals surface area contributed by atoms with Gasteiger partial charge in [-0.05, 0) is 19.8 Å². The van der Waals surface area contributed by atoms with Gasteiger partial charge in [-0.15, -0.1) is 0 Å². The molecule has 0 aliphatic carbocycles. The van der Waals surface area contributed by atoms with Gasteiger partial charge in [0.25, 0.3) is 0 Å². The third-order valence-electron chi connectivity index (χ3n) is 2.73. The summed E-state index contributed by atoms with van der Waals surface area (Å²) in [6.07, 6.45) is -0.253. The summed E-state index contributed by atoms with van der Waals surface area (Å²) in [5, 5.41) is 0. The number of ether oxygens (including phenoxy) is 2. The Morgan fingerprint density at radius 3 is 2.42 bits per heavy atom. The Hall–Kier alpha value is -1.69. The first-order valence-electron chi connectivity index (χ1n) is 6.26. The molecule has 2 N–H and O–H groups in total. The summed E-state index contributed by atoms with van der Waals surface area (Å²) in [6, 6.07) is 0. The summed E-state index contributed by atoms with van der Waals surface area (Å²) >= 11 is 0. The summed E-state index contributed by atoms with van der Waals surface area (Å²) < 4.78 is 10.3. The van der Waals surface area contributed by atoms with Crippen molar-refractivity contribution in [3.8, 4) is 0 Å². The maximum Gasteiger partial charge on any atom is 0.343 e. The maximum absolute atomic E-state index is 11.8. The van der Waals surface area contributed by atoms with Crippen molar-refractivity contribution in [2.45, 2.75) is 33.8 Å². The summed E-state index contributed by atoms with van der Waals surface area (Å²) in [6.45, 7) is 7.73. The number of hydrogen-bond donors (Lipinski definition) is 1. The lowest BCUT2D eigenvalue weighted by Gasteiger charge is -2.19. The molecule has 19 heavy (non-hydrogen) atoms. The van der Waals surface area contributed by atoms with Gasteiger partial charge in [0, 0.05) is 7.11 Å². The van der Waals surface area contributed by atoms with Crippen LogP contribution in [0.2, 0.25) is 0 Å². The molecule has 0 saturated carbocycles. The Bertz CT molecular complexity index is 437. The Morgan fingerprint density at radius 2 is 2.00 bits per heavy atom. The molecule has 0 saturated heterocycles. The van der Waals surface area contributed by atoms with Crippen molar-refractivity contribution in [1.29, 1.82) is 0 Å². The second-order valence-corrected chi connectivity index (χ2v) is 4.55. The van der Waals surface area contributed by atoms with Crippen molar-refractivity contribution < 1.29 is 14.3 Å². The number of aryl methyl sites for hydroxylation is 1. The van der Waals surface area contributed by atoms with Gasteiger partial charge in [0.2, 0.25) is 0 Å². The topological polar surface area (TPSA) is 87.3 Å². The van der Waals surface area contributed by atoms with Gasteiger partial charge in [-0.2, -0.15) is 0 Å². The predicted octanol–water partition coefficient (Wildman–Crippen LogP) is 1.89. The van der Waals surface area contributed by atoms with Crippen LogP contribution >= 0.6 is 0 Å². The number of carbonyl (C=O) groups is 1. The fraction of sp³-hybridized carbons (Fsp3) is 0.615. The number of nitrogen functional groups attached to an aromatic ring is 1. The van der Waals surface area contributed by atoms with Gasteiger partial charge < -0.3 is 15.2 Å². The van der Waals surface area contributed by atoms with Gasteiger partial charge in [0.05, 0.1) is 12.3 Å². The highest BCUT2D eigenvalue weighted by atomic mass is 16.5. The average molecular weight is 267 g/mol. The lowest BCUT2D eigenvalue weighted by Crippen LogP contribution is -2.19. The number of rotatable bonds is 5. The number of anilines is 1. The van der Waals surface area contributed by atoms with Crippen molar-refractivity contribution in [2.24, 2.45) is 5.92 Å². The van der Waals surface area contributed by atoms with E-state index in [-0.39, 0.29) is 30.0 Å². The van der Waals surface area contributed by atoms with E-state index in [1.54, 1.807) is 21.0 Å². The van der Waals surface area contributed by atoms with E-state index in [2.05, 4.69) is 9.97 Å². The molecule has 1 aromatic heterocycles. The van der Waals surface area contributed by atoms with E-state index in [1.165, 1.54) is 0 Å². The van der Waals surface area contributed by atoms with E-state index in [4.69, 9.17) is 15.2 Å². The molecular formula is C13H21N3O3. The van der Waals surface area contributed by atoms with Crippen LogP contribution < -0.4 is 5.73 Å². The lowest BCUT2D eigenvalue weighted by atomic mass is 10.1. The second-order valence-electron chi connectivity index (χ2n) is 4.55. The zero-order valence-corrected chi connectivity index (χ0v) is 12.1. The smallest absolute Gasteiger partial charge is 0.343 e. The van der Waals surface area contributed by atoms with E-state index in [0.717, 1.165) is 0 Å². The third-order valence-corrected chi connectivity index (χ3v) is 2.73. The SMILES string of the molecule is CCOC(=O)c1c(C)nc(C(OC)C(C)C)nc1N. The Morgan fingerprint density at radius 1 is 1.37 bits per heavy atom. The molecule has 0 aliphatic rings. The first kappa shape index (κ1) is 15.4. The normalized spacial score (nSPS) is 12.5. The van der Waals surface area contributed by atoms with Crippen LogP contribution in [0, 0.1) is 12.8 Å². The van der Waals surface area contributed by atoms with Gasteiger partial charge in [0.1, 0.15) is 17.5 Å². The van der Waals surface area contributed by atoms with Crippen molar-refractivity contribution in [2.75, 3.05) is 19.5 Å². The third kappa shape index (κ3) is 3.41. The van der Waals surface area contributed by atoms with E-state index in [9.17, 15) is 4.79 Å². The van der Waals surface area contributed by atoms with Gasteiger partial charge >= 0.3 is 5.97 Å². The van der Waals surface area contributed by atoms with Crippen LogP contribution in [0.25, 0.3) is 0 Å². The minimum absolute atomic E-state index is 0.128. The molecule has 0 radical (unpaired) electrons. The zero-order valence-electron chi connectivity index (χ0n) is 12.1. The molecule has 1 rings (SSSR count). The number of hydrogen-bond acceptors (Lipinski definition) is 6. The molecule has 6 nitrogen and oxygen atoms in total. The van der Waals surface area contributed by atoms with Crippen LogP contribution in [0.1, 0.15) is 48.8 Å². The second kappa shape index (κ2) is 6.47. The minimum atomic E-state index is -0.498. The molecule has 1 unspecified atom stereocenters. The van der Waals surface area contributed by atoms with Gasteiger partial charge in [-0.1, -0.05) is 13.8 Å². The highest BCUT2D eigenvalue weighted by molar-refractivity contribution is 5.95. The average Bonchev–Trinajstić information content (AvgIpc) is 2.28. The molecule has 6 heteroatoms. The molecular weight excluding hydrogens is 246 g/mol. The Labute approximate surface area is 113 Å². The summed E-state index contributed by atoms with van der Waals surface area (Å²) in [7, 11) is 1.60. The fourth-order valence-corrected chi connectivity index (χ4v) is 1.88. The van der Waals surface area contributed by atoms with Crippen LogP contribution in [0.4, 0.5) is 5.82 Å². The van der Waals surface area contributed by atoms with Crippen LogP contribution in [0.5, 0.6) is 0 Å². The zero-order chi connectivity index (χ0) is 14.6. The first-order valence-corrected chi connectivity index (χ1v) is 6.26. The van der Waals surface area contributed by atoms with E-state index >= 15 is 0 Å². The van der Waals surface area contributed by atoms with Crippen molar-refractivity contribution in [3.05, 3.63) is 17.1 Å². The molecule has 0 aliphatic heterocycles. The Balaban J connectivity index is 3.19. The number of nitrogens with two attached hydrogens (primary N) is 1. The minimum Gasteiger partial charge on any atom is -0.462 e. The fourth-order valence-electron chi connectivity index (χ4n) is 1.88. The maximum atomic E-state index is 11.8. The highest BCUT2D eigenvalue weighted by Gasteiger charge is 2.23. The molecule has 1 heterocycles. The summed E-state index contributed by atoms with van der Waals surface area (Å²) in [4.78, 5) is 20.2. The molecule has 1 aromatic rings. The summed E-state index contributed by atoms with van der Waals surface area (Å²) in [5.41, 5.74) is 6.57. The van der Waals surface area contributed by atoms with Gasteiger partial charge in [-0.3, -0.25) is 0 Å². The number of carbonyl (C=O) groups excluding carboxylic acids is 1. The standard InChI is InChI=1S/C13H21N3O3/c1-6-19-13(17)9-8(4)15-12(16-11(9)14)10(18-5)7(2)3/h7,10H,6H2,1-5H3,(H2,14,15,16). The molecule has 0 bridgehead atoms. The van der Waals surface area contributed by atoms with E-state index in [1.807, 2.05) is 13.8 Å². The van der Waals surface area contributed by atoms with Crippen LogP contribution in [0.15, 0.2) is 0 Å². The quantitative estimate of drug-likeness (QED) is 0.820. The van der Waals surface area contributed by atoms with Crippen LogP contribution in [-0.2, 0) is 9.47 Å². The predicted molar refractivity (Wildman–Crippen MR) is 71.7 cm³/mol. The monoisotopic (exact) mass is 267 g/mol. The number of nitrogens with zero attached hydrogens (tertiary/aromatic N) is 2. The van der Waals surface area contributed by atoms with Gasteiger partial charge in [0.15, 0.2) is 5.82 Å². The van der Waals surface area contributed by atoms with Crippen LogP contribution in [0.3, 0.4) is 0 Å². The molecule has 0 amide bonds. The van der Waals surface area contributed by atoms with Crippen molar-refractivity contribution in [3.63, 3.8) is 0 Å². The first-order chi connectivity index (χ1) is 8.92. The molecule has 0 spiro atoms. The largest absolute Gasteiger partial charge is 0.462 e. The molecule has 1 atom stereocenters. The molecule has 106 valence electrons. The van der Waals surface area contributed by atoms with Crippen molar-refractivity contribution >= 4 is 11.8 Å². The number of aromatic nitrogens is 2. The van der Waals surface area contributed by atoms with Crippen molar-refractivity contribution in [1.82, 2.24) is 9.97 Å². The highest BCUT2D eigenvalue weighted by Crippen LogP contribution is 2.25. The van der Waals surface area contributed by atoms with Gasteiger partial charge in [-0.25, -0.2) is 14.8 Å². The summed E-state index contributed by atoms with van der Waals surface area (Å²) in [5.74, 6) is 0.323. The van der Waals surface area contributed by atoms with E-state index < -0.39 is 5.97 Å². The molecule has 0 fully saturated rings. The molecule has 0 aromatic carbocycles. The van der Waals surface area contributed by atoms with E-state index in [0.29, 0.717) is 11.5 Å². The number of methoxy groups -OCH3 is 1. The lowest BCUT2D eigenvalue weighted by molar-refractivity contribution is 0.0518. The van der Waals surface area contributed by atoms with Crippen LogP contribution in [-0.4, -0.2) is 29.7 Å². The Kier molecular flexibility index (Phi) is 5.23. The number of esters is 1.